The molecule has 1 aromatic carbocycles. The Kier molecular flexibility index (Phi) is 4.50. The van der Waals surface area contributed by atoms with Crippen LogP contribution in [0.4, 0.5) is 0 Å². The van der Waals surface area contributed by atoms with Crippen LogP contribution in [0.1, 0.15) is 12.0 Å². The summed E-state index contributed by atoms with van der Waals surface area (Å²) in [7, 11) is 1.95. The molecule has 18 heavy (non-hydrogen) atoms. The van der Waals surface area contributed by atoms with E-state index in [4.69, 9.17) is 0 Å². The Morgan fingerprint density at radius 3 is 2.72 bits per heavy atom. The van der Waals surface area contributed by atoms with Crippen LogP contribution in [0.2, 0.25) is 0 Å². The molecule has 0 aliphatic carbocycles. The number of nitrogens with one attached hydrogen (secondary N) is 2. The average Bonchev–Trinajstić information content (AvgIpc) is 2.82. The van der Waals surface area contributed by atoms with Crippen molar-refractivity contribution in [1.82, 2.24) is 10.3 Å². The summed E-state index contributed by atoms with van der Waals surface area (Å²) in [5.41, 5.74) is 3.10. The van der Waals surface area contributed by atoms with Crippen molar-refractivity contribution in [2.75, 3.05) is 13.6 Å². The lowest BCUT2D eigenvalue weighted by molar-refractivity contribution is 0.809. The molecule has 0 unspecified atom stereocenters. The molecule has 0 aliphatic rings. The van der Waals surface area contributed by atoms with Gasteiger partial charge < -0.3 is 10.3 Å². The molecule has 0 saturated carbocycles. The van der Waals surface area contributed by atoms with Gasteiger partial charge in [-0.3, -0.25) is 4.79 Å². The van der Waals surface area contributed by atoms with Gasteiger partial charge in [0.1, 0.15) is 0 Å². The number of hydrogen-bond donors (Lipinski definition) is 2. The highest BCUT2D eigenvalue weighted by Gasteiger charge is 1.99. The van der Waals surface area contributed by atoms with Crippen LogP contribution in [0.5, 0.6) is 0 Å². The number of H-pyrrole nitrogens is 1. The zero-order valence-corrected chi connectivity index (χ0v) is 11.1. The summed E-state index contributed by atoms with van der Waals surface area (Å²) in [6.07, 6.45) is 5.28. The second-order valence-electron chi connectivity index (χ2n) is 3.98. The van der Waals surface area contributed by atoms with Crippen LogP contribution in [-0.4, -0.2) is 18.6 Å². The molecule has 2 aromatic rings. The van der Waals surface area contributed by atoms with Gasteiger partial charge in [0, 0.05) is 5.38 Å². The zero-order chi connectivity index (χ0) is 12.8. The minimum absolute atomic E-state index is 0.0129. The van der Waals surface area contributed by atoms with Crippen LogP contribution in [-0.2, 0) is 0 Å². The molecule has 0 spiro atoms. The largest absolute Gasteiger partial charge is 0.319 e. The number of thiazole rings is 1. The molecule has 2 rings (SSSR count). The molecule has 0 radical (unpaired) electrons. The van der Waals surface area contributed by atoms with Crippen LogP contribution in [0.25, 0.3) is 17.3 Å². The van der Waals surface area contributed by atoms with Gasteiger partial charge in [-0.15, -0.1) is 0 Å². The third-order valence-corrected chi connectivity index (χ3v) is 3.28. The van der Waals surface area contributed by atoms with Crippen molar-refractivity contribution in [2.24, 2.45) is 0 Å². The predicted octanol–water partition coefficient (Wildman–Crippen LogP) is 2.73. The first kappa shape index (κ1) is 12.8. The Bertz CT molecular complexity index is 566. The van der Waals surface area contributed by atoms with Crippen molar-refractivity contribution in [3.8, 4) is 11.3 Å². The maximum absolute atomic E-state index is 11.1. The van der Waals surface area contributed by atoms with Crippen LogP contribution in [0, 0.1) is 0 Å². The fraction of sp³-hybridized carbons (Fsp3) is 0.214. The van der Waals surface area contributed by atoms with Crippen LogP contribution in [0.15, 0.2) is 40.5 Å². The van der Waals surface area contributed by atoms with Crippen molar-refractivity contribution in [1.29, 1.82) is 0 Å². The van der Waals surface area contributed by atoms with Gasteiger partial charge in [-0.25, -0.2) is 0 Å². The lowest BCUT2D eigenvalue weighted by Gasteiger charge is -1.98. The number of aromatic amines is 1. The van der Waals surface area contributed by atoms with E-state index in [0.29, 0.717) is 0 Å². The SMILES string of the molecule is CNCCC=Cc1ccc(-c2csc(=O)[nH]2)cc1. The molecule has 0 fully saturated rings. The van der Waals surface area contributed by atoms with E-state index in [0.717, 1.165) is 24.2 Å². The molecule has 1 heterocycles. The van der Waals surface area contributed by atoms with E-state index in [-0.39, 0.29) is 4.87 Å². The molecule has 2 N–H and O–H groups in total. The van der Waals surface area contributed by atoms with Crippen molar-refractivity contribution in [3.63, 3.8) is 0 Å². The van der Waals surface area contributed by atoms with Crippen molar-refractivity contribution >= 4 is 17.4 Å². The van der Waals surface area contributed by atoms with Crippen LogP contribution >= 0.6 is 11.3 Å². The Morgan fingerprint density at radius 1 is 1.33 bits per heavy atom. The maximum Gasteiger partial charge on any atom is 0.304 e. The summed E-state index contributed by atoms with van der Waals surface area (Å²) in [5, 5.41) is 4.95. The number of hydrogen-bond acceptors (Lipinski definition) is 3. The van der Waals surface area contributed by atoms with Crippen LogP contribution in [0.3, 0.4) is 0 Å². The Balaban J connectivity index is 2.06. The van der Waals surface area contributed by atoms with E-state index in [9.17, 15) is 4.79 Å². The normalized spacial score (nSPS) is 11.2. The monoisotopic (exact) mass is 260 g/mol. The van der Waals surface area contributed by atoms with E-state index in [2.05, 4.69) is 34.6 Å². The quantitative estimate of drug-likeness (QED) is 0.812. The lowest BCUT2D eigenvalue weighted by atomic mass is 10.1. The third-order valence-electron chi connectivity index (χ3n) is 2.61. The van der Waals surface area contributed by atoms with Gasteiger partial charge in [-0.05, 0) is 31.1 Å². The highest BCUT2D eigenvalue weighted by atomic mass is 32.1. The average molecular weight is 260 g/mol. The van der Waals surface area contributed by atoms with Crippen molar-refractivity contribution in [3.05, 3.63) is 51.0 Å². The van der Waals surface area contributed by atoms with Gasteiger partial charge in [-0.1, -0.05) is 47.8 Å². The van der Waals surface area contributed by atoms with Gasteiger partial charge >= 0.3 is 4.87 Å². The third kappa shape index (κ3) is 3.42. The predicted molar refractivity (Wildman–Crippen MR) is 78.0 cm³/mol. The van der Waals surface area contributed by atoms with E-state index in [1.165, 1.54) is 16.9 Å². The number of aromatic nitrogens is 1. The maximum atomic E-state index is 11.1. The smallest absolute Gasteiger partial charge is 0.304 e. The van der Waals surface area contributed by atoms with E-state index >= 15 is 0 Å². The minimum Gasteiger partial charge on any atom is -0.319 e. The fourth-order valence-corrected chi connectivity index (χ4v) is 2.23. The molecule has 0 saturated heterocycles. The number of rotatable bonds is 5. The minimum atomic E-state index is -0.0129. The second-order valence-corrected chi connectivity index (χ2v) is 4.82. The molecule has 94 valence electrons. The van der Waals surface area contributed by atoms with Gasteiger partial charge in [0.25, 0.3) is 0 Å². The van der Waals surface area contributed by atoms with Crippen LogP contribution < -0.4 is 10.2 Å². The molecular formula is C14H16N2OS. The fourth-order valence-electron chi connectivity index (χ4n) is 1.64. The standard InChI is InChI=1S/C14H16N2OS/c1-15-9-3-2-4-11-5-7-12(8-6-11)13-10-18-14(17)16-13/h2,4-8,10,15H,3,9H2,1H3,(H,16,17). The lowest BCUT2D eigenvalue weighted by Crippen LogP contribution is -2.05. The van der Waals surface area contributed by atoms with E-state index in [1.807, 2.05) is 24.6 Å². The highest BCUT2D eigenvalue weighted by Crippen LogP contribution is 2.18. The summed E-state index contributed by atoms with van der Waals surface area (Å²) in [4.78, 5) is 13.9. The van der Waals surface area contributed by atoms with E-state index < -0.39 is 0 Å². The first-order valence-corrected chi connectivity index (χ1v) is 6.77. The van der Waals surface area contributed by atoms with Crippen molar-refractivity contribution < 1.29 is 0 Å². The molecule has 0 bridgehead atoms. The molecule has 0 amide bonds. The first-order valence-electron chi connectivity index (χ1n) is 5.89. The Hall–Kier alpha value is -1.65. The molecular weight excluding hydrogens is 244 g/mol. The molecule has 0 aliphatic heterocycles. The first-order chi connectivity index (χ1) is 8.79. The van der Waals surface area contributed by atoms with Gasteiger partial charge in [0.2, 0.25) is 0 Å². The number of benzene rings is 1. The second kappa shape index (κ2) is 6.33. The Morgan fingerprint density at radius 2 is 2.11 bits per heavy atom. The summed E-state index contributed by atoms with van der Waals surface area (Å²) < 4.78 is 0. The zero-order valence-electron chi connectivity index (χ0n) is 10.3. The summed E-state index contributed by atoms with van der Waals surface area (Å²) >= 11 is 1.19. The molecule has 4 heteroatoms. The topological polar surface area (TPSA) is 44.9 Å². The van der Waals surface area contributed by atoms with Gasteiger partial charge in [-0.2, -0.15) is 0 Å². The molecule has 3 nitrogen and oxygen atoms in total. The summed E-state index contributed by atoms with van der Waals surface area (Å²) in [6.45, 7) is 0.991. The Labute approximate surface area is 110 Å². The summed E-state index contributed by atoms with van der Waals surface area (Å²) in [5.74, 6) is 0. The summed E-state index contributed by atoms with van der Waals surface area (Å²) in [6, 6.07) is 8.16. The van der Waals surface area contributed by atoms with Gasteiger partial charge in [0.15, 0.2) is 0 Å². The molecule has 0 atom stereocenters. The van der Waals surface area contributed by atoms with Crippen molar-refractivity contribution in [2.45, 2.75) is 6.42 Å². The van der Waals surface area contributed by atoms with Gasteiger partial charge in [0.05, 0.1) is 5.69 Å². The van der Waals surface area contributed by atoms with E-state index in [1.54, 1.807) is 0 Å². The highest BCUT2D eigenvalue weighted by molar-refractivity contribution is 7.07. The molecule has 1 aromatic heterocycles.